The van der Waals surface area contributed by atoms with Crippen molar-refractivity contribution >= 4 is 57.7 Å². The van der Waals surface area contributed by atoms with E-state index in [9.17, 15) is 14.4 Å². The van der Waals surface area contributed by atoms with Gasteiger partial charge in [0.05, 0.1) is 24.4 Å². The second kappa shape index (κ2) is 11.9. The Labute approximate surface area is 218 Å². The molecule has 0 bridgehead atoms. The first kappa shape index (κ1) is 25.5. The summed E-state index contributed by atoms with van der Waals surface area (Å²) >= 11 is 7.16. The van der Waals surface area contributed by atoms with Crippen LogP contribution < -0.4 is 5.32 Å². The van der Waals surface area contributed by atoms with Crippen molar-refractivity contribution in [3.63, 3.8) is 0 Å². The highest BCUT2D eigenvalue weighted by atomic mass is 35.5. The van der Waals surface area contributed by atoms with Gasteiger partial charge in [-0.2, -0.15) is 0 Å². The Kier molecular flexibility index (Phi) is 8.40. The lowest BCUT2D eigenvalue weighted by molar-refractivity contribution is -0.128. The van der Waals surface area contributed by atoms with Gasteiger partial charge in [0.15, 0.2) is 5.17 Å². The van der Waals surface area contributed by atoms with Crippen LogP contribution in [0, 0.1) is 0 Å². The van der Waals surface area contributed by atoms with E-state index in [0.29, 0.717) is 40.3 Å². The predicted molar refractivity (Wildman–Crippen MR) is 143 cm³/mol. The zero-order chi connectivity index (χ0) is 25.5. The lowest BCUT2D eigenvalue weighted by Crippen LogP contribution is -2.33. The summed E-state index contributed by atoms with van der Waals surface area (Å²) in [6.07, 6.45) is -0.00175. The molecule has 0 unspecified atom stereocenters. The molecule has 1 saturated heterocycles. The Morgan fingerprint density at radius 1 is 1.03 bits per heavy atom. The lowest BCUT2D eigenvalue weighted by atomic mass is 10.2. The van der Waals surface area contributed by atoms with E-state index >= 15 is 0 Å². The van der Waals surface area contributed by atoms with Crippen LogP contribution in [0.1, 0.15) is 29.3 Å². The van der Waals surface area contributed by atoms with Crippen LogP contribution in [0.15, 0.2) is 83.9 Å². The number of nitrogens with zero attached hydrogens (tertiary/aromatic N) is 2. The van der Waals surface area contributed by atoms with Gasteiger partial charge in [0.1, 0.15) is 5.25 Å². The van der Waals surface area contributed by atoms with E-state index in [1.165, 1.54) is 11.8 Å². The van der Waals surface area contributed by atoms with E-state index < -0.39 is 11.2 Å². The Hall–Kier alpha value is -3.62. The van der Waals surface area contributed by atoms with Crippen LogP contribution in [0.3, 0.4) is 0 Å². The fraction of sp³-hybridized carbons (Fsp3) is 0.185. The summed E-state index contributed by atoms with van der Waals surface area (Å²) in [6.45, 7) is 2.38. The number of halogens is 1. The first-order valence-electron chi connectivity index (χ1n) is 11.4. The van der Waals surface area contributed by atoms with Crippen LogP contribution in [-0.4, -0.2) is 39.7 Å². The van der Waals surface area contributed by atoms with Crippen molar-refractivity contribution in [2.75, 3.05) is 11.9 Å². The number of esters is 1. The molecule has 1 aliphatic rings. The normalized spacial score (nSPS) is 16.3. The van der Waals surface area contributed by atoms with E-state index in [1.54, 1.807) is 60.4 Å². The van der Waals surface area contributed by atoms with E-state index in [2.05, 4.69) is 10.3 Å². The van der Waals surface area contributed by atoms with Crippen molar-refractivity contribution in [2.45, 2.75) is 25.1 Å². The molecule has 7 nitrogen and oxygen atoms in total. The van der Waals surface area contributed by atoms with Gasteiger partial charge in [-0.25, -0.2) is 9.79 Å². The van der Waals surface area contributed by atoms with Crippen molar-refractivity contribution in [1.82, 2.24) is 4.90 Å². The number of benzene rings is 3. The molecule has 1 heterocycles. The molecule has 0 spiro atoms. The Balaban J connectivity index is 1.53. The fourth-order valence-corrected chi connectivity index (χ4v) is 4.83. The monoisotopic (exact) mass is 521 g/mol. The molecule has 1 fully saturated rings. The minimum atomic E-state index is -0.612. The predicted octanol–water partition coefficient (Wildman–Crippen LogP) is 5.68. The van der Waals surface area contributed by atoms with Crippen LogP contribution in [0.25, 0.3) is 0 Å². The van der Waals surface area contributed by atoms with Gasteiger partial charge in [0, 0.05) is 17.1 Å². The quantitative estimate of drug-likeness (QED) is 0.385. The van der Waals surface area contributed by atoms with Gasteiger partial charge < -0.3 is 10.1 Å². The molecule has 184 valence electrons. The SMILES string of the molecule is CCOC(=O)c1ccc(N=C2S[C@@H](CC(=O)Nc3ccc(Cl)cc3)C(=O)N2Cc2ccccc2)cc1. The third-order valence-electron chi connectivity index (χ3n) is 5.31. The molecule has 0 aromatic heterocycles. The van der Waals surface area contributed by atoms with Crippen molar-refractivity contribution in [3.05, 3.63) is 95.0 Å². The van der Waals surface area contributed by atoms with Gasteiger partial charge in [-0.3, -0.25) is 14.5 Å². The zero-order valence-electron chi connectivity index (χ0n) is 19.5. The summed E-state index contributed by atoms with van der Waals surface area (Å²) in [5, 5.41) is 3.26. The number of carbonyl (C=O) groups is 3. The summed E-state index contributed by atoms with van der Waals surface area (Å²) < 4.78 is 5.02. The molecular weight excluding hydrogens is 498 g/mol. The maximum atomic E-state index is 13.3. The number of hydrogen-bond acceptors (Lipinski definition) is 6. The number of amides is 2. The van der Waals surface area contributed by atoms with Crippen LogP contribution in [-0.2, 0) is 20.9 Å². The second-order valence-electron chi connectivity index (χ2n) is 7.94. The molecule has 9 heteroatoms. The average Bonchev–Trinajstić information content (AvgIpc) is 3.15. The highest BCUT2D eigenvalue weighted by Crippen LogP contribution is 2.33. The number of nitrogens with one attached hydrogen (secondary N) is 1. The topological polar surface area (TPSA) is 88.1 Å². The number of thioether (sulfide) groups is 1. The van der Waals surface area contributed by atoms with E-state index in [-0.39, 0.29) is 18.2 Å². The molecule has 36 heavy (non-hydrogen) atoms. The van der Waals surface area contributed by atoms with Gasteiger partial charge in [-0.05, 0) is 61.0 Å². The maximum absolute atomic E-state index is 13.3. The smallest absolute Gasteiger partial charge is 0.338 e. The average molecular weight is 522 g/mol. The van der Waals surface area contributed by atoms with Gasteiger partial charge in [-0.15, -0.1) is 0 Å². The largest absolute Gasteiger partial charge is 0.462 e. The van der Waals surface area contributed by atoms with Crippen molar-refractivity contribution in [1.29, 1.82) is 0 Å². The molecule has 1 aliphatic heterocycles. The molecule has 4 rings (SSSR count). The van der Waals surface area contributed by atoms with Crippen LogP contribution in [0.5, 0.6) is 0 Å². The minimum Gasteiger partial charge on any atom is -0.462 e. The highest BCUT2D eigenvalue weighted by molar-refractivity contribution is 8.15. The number of rotatable bonds is 8. The van der Waals surface area contributed by atoms with Crippen LogP contribution in [0.2, 0.25) is 5.02 Å². The van der Waals surface area contributed by atoms with Gasteiger partial charge in [-0.1, -0.05) is 53.7 Å². The summed E-state index contributed by atoms with van der Waals surface area (Å²) in [6, 6.07) is 23.1. The first-order chi connectivity index (χ1) is 17.4. The van der Waals surface area contributed by atoms with E-state index in [1.807, 2.05) is 30.3 Å². The van der Waals surface area contributed by atoms with E-state index in [0.717, 1.165) is 5.56 Å². The molecule has 0 radical (unpaired) electrons. The minimum absolute atomic E-state index is 0.00175. The summed E-state index contributed by atoms with van der Waals surface area (Å²) in [5.74, 6) is -0.862. The lowest BCUT2D eigenvalue weighted by Gasteiger charge is -2.16. The van der Waals surface area contributed by atoms with E-state index in [4.69, 9.17) is 16.3 Å². The van der Waals surface area contributed by atoms with Crippen molar-refractivity contribution in [3.8, 4) is 0 Å². The van der Waals surface area contributed by atoms with Gasteiger partial charge >= 0.3 is 5.97 Å². The third kappa shape index (κ3) is 6.53. The number of hydrogen-bond donors (Lipinski definition) is 1. The number of carbonyl (C=O) groups excluding carboxylic acids is 3. The van der Waals surface area contributed by atoms with Crippen molar-refractivity contribution < 1.29 is 19.1 Å². The maximum Gasteiger partial charge on any atom is 0.338 e. The number of ether oxygens (including phenoxy) is 1. The Morgan fingerprint density at radius 2 is 1.72 bits per heavy atom. The second-order valence-corrected chi connectivity index (χ2v) is 9.54. The fourth-order valence-electron chi connectivity index (χ4n) is 3.55. The number of anilines is 1. The Morgan fingerprint density at radius 3 is 2.39 bits per heavy atom. The Bertz CT molecular complexity index is 1260. The summed E-state index contributed by atoms with van der Waals surface area (Å²) in [7, 11) is 0. The zero-order valence-corrected chi connectivity index (χ0v) is 21.1. The van der Waals surface area contributed by atoms with Crippen molar-refractivity contribution in [2.24, 2.45) is 4.99 Å². The summed E-state index contributed by atoms with van der Waals surface area (Å²) in [4.78, 5) is 44.2. The summed E-state index contributed by atoms with van der Waals surface area (Å²) in [5.41, 5.74) is 2.57. The number of amidine groups is 1. The standard InChI is InChI=1S/C27H24ClN3O4S/c1-2-35-26(34)19-8-12-22(13-9-19)30-27-31(17-18-6-4-3-5-7-18)25(33)23(36-27)16-24(32)29-21-14-10-20(28)11-15-21/h3-15,23H,2,16-17H2,1H3,(H,29,32)/t23-/m0/s1. The van der Waals surface area contributed by atoms with Gasteiger partial charge in [0.25, 0.3) is 0 Å². The third-order valence-corrected chi connectivity index (χ3v) is 6.73. The molecule has 1 N–H and O–H groups in total. The highest BCUT2D eigenvalue weighted by Gasteiger charge is 2.39. The molecule has 2 amide bonds. The molecule has 1 atom stereocenters. The molecule has 3 aromatic rings. The van der Waals surface area contributed by atoms with Crippen LogP contribution in [0.4, 0.5) is 11.4 Å². The molecule has 0 saturated carbocycles. The number of aliphatic imine (C=N–C) groups is 1. The van der Waals surface area contributed by atoms with Gasteiger partial charge in [0.2, 0.25) is 11.8 Å². The first-order valence-corrected chi connectivity index (χ1v) is 12.6. The molecular formula is C27H24ClN3O4S. The molecule has 3 aromatic carbocycles. The molecule has 0 aliphatic carbocycles. The van der Waals surface area contributed by atoms with Crippen LogP contribution >= 0.6 is 23.4 Å².